The average molecular weight is 527 g/mol. The Balaban J connectivity index is 1.72. The van der Waals surface area contributed by atoms with E-state index in [-0.39, 0.29) is 24.4 Å². The van der Waals surface area contributed by atoms with Crippen LogP contribution in [0.25, 0.3) is 11.1 Å². The number of methoxy groups -OCH3 is 2. The first-order valence-electron chi connectivity index (χ1n) is 13.6. The van der Waals surface area contributed by atoms with Crippen LogP contribution >= 0.6 is 0 Å². The minimum absolute atomic E-state index is 0.0361. The van der Waals surface area contributed by atoms with Crippen molar-refractivity contribution >= 4 is 5.91 Å². The summed E-state index contributed by atoms with van der Waals surface area (Å²) >= 11 is 0. The molecule has 208 valence electrons. The molecular weight excluding hydrogens is 484 g/mol. The number of hydrogen-bond acceptors (Lipinski definition) is 7. The fourth-order valence-electron chi connectivity index (χ4n) is 5.94. The minimum Gasteiger partial charge on any atom is -0.496 e. The van der Waals surface area contributed by atoms with Gasteiger partial charge in [0.05, 0.1) is 26.4 Å². The van der Waals surface area contributed by atoms with E-state index in [1.54, 1.807) is 19.1 Å². The number of nitrogens with two attached hydrogens (primary N) is 1. The van der Waals surface area contributed by atoms with Gasteiger partial charge in [0.2, 0.25) is 5.91 Å². The molecule has 2 aromatic carbocycles. The largest absolute Gasteiger partial charge is 0.496 e. The normalized spacial score (nSPS) is 25.3. The van der Waals surface area contributed by atoms with Gasteiger partial charge in [0.1, 0.15) is 17.5 Å². The highest BCUT2D eigenvalue weighted by Gasteiger charge is 2.47. The summed E-state index contributed by atoms with van der Waals surface area (Å²) in [6, 6.07) is 13.6. The number of unbranched alkanes of at least 4 members (excludes halogenated alkanes) is 1. The first-order valence-corrected chi connectivity index (χ1v) is 13.6. The second-order valence-corrected chi connectivity index (χ2v) is 10.7. The fraction of sp³-hybridized carbons (Fsp3) is 0.567. The molecule has 1 saturated heterocycles. The van der Waals surface area contributed by atoms with Crippen molar-refractivity contribution in [3.8, 4) is 16.9 Å². The number of amides is 1. The first kappa shape index (κ1) is 28.5. The van der Waals surface area contributed by atoms with Gasteiger partial charge in [-0.15, -0.1) is 0 Å². The number of morpholine rings is 1. The van der Waals surface area contributed by atoms with Crippen molar-refractivity contribution in [3.05, 3.63) is 53.6 Å². The van der Waals surface area contributed by atoms with Gasteiger partial charge < -0.3 is 35.1 Å². The molecule has 2 aromatic rings. The molecule has 4 rings (SSSR count). The van der Waals surface area contributed by atoms with Gasteiger partial charge in [-0.1, -0.05) is 42.0 Å². The van der Waals surface area contributed by atoms with E-state index in [2.05, 4.69) is 6.07 Å². The molecule has 4 N–H and O–H groups in total. The van der Waals surface area contributed by atoms with Crippen LogP contribution in [0.15, 0.2) is 42.5 Å². The molecule has 2 fully saturated rings. The van der Waals surface area contributed by atoms with E-state index in [0.29, 0.717) is 56.8 Å². The zero-order valence-corrected chi connectivity index (χ0v) is 22.8. The van der Waals surface area contributed by atoms with Crippen molar-refractivity contribution in [3.63, 3.8) is 0 Å². The van der Waals surface area contributed by atoms with Crippen LogP contribution in [0.5, 0.6) is 5.75 Å². The number of rotatable bonds is 10. The summed E-state index contributed by atoms with van der Waals surface area (Å²) in [7, 11) is 3.28. The van der Waals surface area contributed by atoms with Crippen molar-refractivity contribution < 1.29 is 29.2 Å². The molecule has 8 heteroatoms. The van der Waals surface area contributed by atoms with Crippen molar-refractivity contribution in [2.45, 2.75) is 62.9 Å². The van der Waals surface area contributed by atoms with Crippen LogP contribution in [0, 0.1) is 12.8 Å². The summed E-state index contributed by atoms with van der Waals surface area (Å²) in [6.07, 6.45) is 1.40. The highest BCUT2D eigenvalue weighted by Crippen LogP contribution is 2.45. The molecule has 8 nitrogen and oxygen atoms in total. The van der Waals surface area contributed by atoms with E-state index in [0.717, 1.165) is 23.1 Å². The Kier molecular flexibility index (Phi) is 9.44. The zero-order chi connectivity index (χ0) is 27.3. The molecule has 5 atom stereocenters. The van der Waals surface area contributed by atoms with Gasteiger partial charge in [0, 0.05) is 37.8 Å². The Morgan fingerprint density at radius 1 is 1.18 bits per heavy atom. The van der Waals surface area contributed by atoms with Gasteiger partial charge in [-0.05, 0) is 56.2 Å². The lowest BCUT2D eigenvalue weighted by Crippen LogP contribution is -2.55. The number of nitrogens with zero attached hydrogens (tertiary/aromatic N) is 1. The van der Waals surface area contributed by atoms with Crippen LogP contribution in [0.2, 0.25) is 0 Å². The van der Waals surface area contributed by atoms with Gasteiger partial charge in [-0.3, -0.25) is 4.79 Å². The topological polar surface area (TPSA) is 114 Å². The molecule has 1 aliphatic carbocycles. The third-order valence-corrected chi connectivity index (χ3v) is 8.00. The molecule has 0 radical (unpaired) electrons. The molecule has 5 unspecified atom stereocenters. The van der Waals surface area contributed by atoms with Crippen LogP contribution in [0.4, 0.5) is 0 Å². The van der Waals surface area contributed by atoms with Gasteiger partial charge in [0.15, 0.2) is 0 Å². The van der Waals surface area contributed by atoms with E-state index in [4.69, 9.17) is 19.9 Å². The number of carbonyl (C=O) groups is 1. The lowest BCUT2D eigenvalue weighted by atomic mass is 9.78. The van der Waals surface area contributed by atoms with Gasteiger partial charge in [0.25, 0.3) is 0 Å². The van der Waals surface area contributed by atoms with Crippen LogP contribution in [-0.2, 0) is 19.9 Å². The van der Waals surface area contributed by atoms with E-state index >= 15 is 0 Å². The summed E-state index contributed by atoms with van der Waals surface area (Å²) in [5.41, 5.74) is 8.20. The molecule has 1 saturated carbocycles. The molecule has 2 aliphatic rings. The Hall–Kier alpha value is -2.49. The molecular formula is C30H42N2O6. The second kappa shape index (κ2) is 12.6. The second-order valence-electron chi connectivity index (χ2n) is 10.7. The summed E-state index contributed by atoms with van der Waals surface area (Å²) in [5.74, 6) is 0.226. The van der Waals surface area contributed by atoms with Crippen molar-refractivity contribution in [2.75, 3.05) is 40.5 Å². The molecule has 0 spiro atoms. The summed E-state index contributed by atoms with van der Waals surface area (Å²) in [4.78, 5) is 15.2. The quantitative estimate of drug-likeness (QED) is 0.408. The van der Waals surface area contributed by atoms with Gasteiger partial charge >= 0.3 is 0 Å². The van der Waals surface area contributed by atoms with E-state index in [1.807, 2.05) is 43.3 Å². The number of aliphatic hydroxyl groups is 2. The van der Waals surface area contributed by atoms with Crippen LogP contribution in [-0.4, -0.2) is 79.8 Å². The molecule has 0 bridgehead atoms. The van der Waals surface area contributed by atoms with Crippen LogP contribution < -0.4 is 10.5 Å². The van der Waals surface area contributed by atoms with Crippen molar-refractivity contribution in [1.29, 1.82) is 0 Å². The van der Waals surface area contributed by atoms with Crippen LogP contribution in [0.3, 0.4) is 0 Å². The maximum Gasteiger partial charge on any atom is 0.226 e. The highest BCUT2D eigenvalue weighted by atomic mass is 16.5. The highest BCUT2D eigenvalue weighted by molar-refractivity contribution is 5.79. The van der Waals surface area contributed by atoms with Gasteiger partial charge in [-0.2, -0.15) is 0 Å². The van der Waals surface area contributed by atoms with Crippen LogP contribution in [0.1, 0.15) is 43.2 Å². The van der Waals surface area contributed by atoms with Crippen molar-refractivity contribution in [2.24, 2.45) is 11.7 Å². The Labute approximate surface area is 225 Å². The predicted octanol–water partition coefficient (Wildman–Crippen LogP) is 3.00. The smallest absolute Gasteiger partial charge is 0.226 e. The molecule has 0 aromatic heterocycles. The maximum absolute atomic E-state index is 13.4. The third kappa shape index (κ3) is 6.05. The molecule has 1 amide bonds. The van der Waals surface area contributed by atoms with Gasteiger partial charge in [-0.25, -0.2) is 0 Å². The Bertz CT molecular complexity index is 1080. The number of carbonyl (C=O) groups excluding carboxylic acids is 1. The Morgan fingerprint density at radius 2 is 1.97 bits per heavy atom. The van der Waals surface area contributed by atoms with E-state index in [9.17, 15) is 15.0 Å². The number of aryl methyl sites for hydroxylation is 1. The van der Waals surface area contributed by atoms with Crippen molar-refractivity contribution in [1.82, 2.24) is 4.90 Å². The standard InChI is InChI=1S/C30H42N2O6/c1-20-8-6-9-21(16-20)23-10-7-11-26(37-3)28(23)30(35,12-4-5-14-36-2)27-19-32(13-15-38-27)29(34)22-17-24(31)25(33)18-22/h6-11,16,22,24-25,27,33,35H,4-5,12-15,17-19,31H2,1-3H3. The number of ether oxygens (including phenoxy) is 3. The SMILES string of the molecule is COCCCCC(O)(c1c(OC)cccc1-c1cccc(C)c1)C1CN(C(=O)C2CC(N)C(O)C2)CCO1. The fourth-order valence-corrected chi connectivity index (χ4v) is 5.94. The summed E-state index contributed by atoms with van der Waals surface area (Å²) in [6.45, 7) is 3.63. The average Bonchev–Trinajstić information content (AvgIpc) is 3.27. The lowest BCUT2D eigenvalue weighted by molar-refractivity contribution is -0.168. The first-order chi connectivity index (χ1) is 18.3. The third-order valence-electron chi connectivity index (χ3n) is 8.00. The molecule has 38 heavy (non-hydrogen) atoms. The number of hydrogen-bond donors (Lipinski definition) is 3. The zero-order valence-electron chi connectivity index (χ0n) is 22.8. The number of benzene rings is 2. The van der Waals surface area contributed by atoms with E-state index in [1.165, 1.54) is 0 Å². The molecule has 1 aliphatic heterocycles. The lowest BCUT2D eigenvalue weighted by Gasteiger charge is -2.44. The number of aliphatic hydroxyl groups excluding tert-OH is 1. The predicted molar refractivity (Wildman–Crippen MR) is 146 cm³/mol. The summed E-state index contributed by atoms with van der Waals surface area (Å²) in [5, 5.41) is 22.8. The summed E-state index contributed by atoms with van der Waals surface area (Å²) < 4.78 is 17.3. The Morgan fingerprint density at radius 3 is 2.66 bits per heavy atom. The van der Waals surface area contributed by atoms with E-state index < -0.39 is 17.8 Å². The maximum atomic E-state index is 13.4. The molecule has 1 heterocycles. The minimum atomic E-state index is -1.43. The monoisotopic (exact) mass is 526 g/mol.